The summed E-state index contributed by atoms with van der Waals surface area (Å²) in [5.41, 5.74) is 1.37. The second kappa shape index (κ2) is 8.92. The van der Waals surface area contributed by atoms with Crippen molar-refractivity contribution in [1.29, 1.82) is 0 Å². The lowest BCUT2D eigenvalue weighted by atomic mass is 10.2. The lowest BCUT2D eigenvalue weighted by Gasteiger charge is -2.22. The fourth-order valence-electron chi connectivity index (χ4n) is 2.93. The van der Waals surface area contributed by atoms with Gasteiger partial charge in [-0.15, -0.1) is 0 Å². The summed E-state index contributed by atoms with van der Waals surface area (Å²) in [6.45, 7) is 1.69. The Hall–Kier alpha value is -2.12. The number of Topliss-reactive ketones (excluding diaryl/α,β-unsaturated/α-hetero) is 1. The van der Waals surface area contributed by atoms with Crippen LogP contribution >= 0.6 is 23.2 Å². The quantitative estimate of drug-likeness (QED) is 0.537. The number of nitrogens with one attached hydrogen (secondary N) is 1. The molecule has 0 spiro atoms. The zero-order chi connectivity index (χ0) is 20.3. The predicted molar refractivity (Wildman–Crippen MR) is 105 cm³/mol. The average molecular weight is 426 g/mol. The SMILES string of the molecule is CC(=O)CC(=O)N1CC(=NOCc2ccc(Cl)c(Cl)c2)C[C@H]1C(=O)NC1CC1. The molecule has 1 aromatic carbocycles. The van der Waals surface area contributed by atoms with E-state index in [-0.39, 0.29) is 49.6 Å². The molecule has 2 aliphatic rings. The number of hydrogen-bond donors (Lipinski definition) is 1. The van der Waals surface area contributed by atoms with Crippen LogP contribution in [0.3, 0.4) is 0 Å². The van der Waals surface area contributed by atoms with Crippen LogP contribution in [0.4, 0.5) is 0 Å². The molecule has 0 aromatic heterocycles. The van der Waals surface area contributed by atoms with E-state index < -0.39 is 6.04 Å². The Balaban J connectivity index is 1.64. The van der Waals surface area contributed by atoms with Crippen molar-refractivity contribution in [2.75, 3.05) is 6.54 Å². The van der Waals surface area contributed by atoms with Crippen molar-refractivity contribution in [3.05, 3.63) is 33.8 Å². The lowest BCUT2D eigenvalue weighted by Crippen LogP contribution is -2.46. The number of ketones is 1. The van der Waals surface area contributed by atoms with Gasteiger partial charge in [0.1, 0.15) is 18.4 Å². The summed E-state index contributed by atoms with van der Waals surface area (Å²) in [4.78, 5) is 43.0. The van der Waals surface area contributed by atoms with Crippen LogP contribution in [0.5, 0.6) is 0 Å². The van der Waals surface area contributed by atoms with Gasteiger partial charge in [0, 0.05) is 12.5 Å². The third kappa shape index (κ3) is 5.45. The van der Waals surface area contributed by atoms with Gasteiger partial charge in [0.2, 0.25) is 11.8 Å². The summed E-state index contributed by atoms with van der Waals surface area (Å²) >= 11 is 11.9. The van der Waals surface area contributed by atoms with Gasteiger partial charge >= 0.3 is 0 Å². The van der Waals surface area contributed by atoms with Gasteiger partial charge < -0.3 is 15.1 Å². The molecule has 3 rings (SSSR count). The fourth-order valence-corrected chi connectivity index (χ4v) is 3.25. The highest BCUT2D eigenvalue weighted by Gasteiger charge is 2.39. The summed E-state index contributed by atoms with van der Waals surface area (Å²) in [7, 11) is 0. The van der Waals surface area contributed by atoms with E-state index >= 15 is 0 Å². The van der Waals surface area contributed by atoms with Gasteiger partial charge in [0.05, 0.1) is 28.7 Å². The lowest BCUT2D eigenvalue weighted by molar-refractivity contribution is -0.140. The number of likely N-dealkylation sites (tertiary alicyclic amines) is 1. The maximum absolute atomic E-state index is 12.5. The second-order valence-electron chi connectivity index (χ2n) is 7.08. The van der Waals surface area contributed by atoms with Gasteiger partial charge in [-0.3, -0.25) is 14.4 Å². The molecule has 1 atom stereocenters. The third-order valence-corrected chi connectivity index (χ3v) is 5.25. The van der Waals surface area contributed by atoms with Gasteiger partial charge in [-0.2, -0.15) is 0 Å². The molecule has 1 aliphatic carbocycles. The van der Waals surface area contributed by atoms with Crippen LogP contribution in [-0.4, -0.2) is 46.8 Å². The Labute approximate surface area is 173 Å². The van der Waals surface area contributed by atoms with Crippen molar-refractivity contribution in [3.63, 3.8) is 0 Å². The van der Waals surface area contributed by atoms with E-state index in [2.05, 4.69) is 10.5 Å². The molecule has 2 fully saturated rings. The number of benzene rings is 1. The zero-order valence-electron chi connectivity index (χ0n) is 15.4. The Morgan fingerprint density at radius 3 is 2.64 bits per heavy atom. The summed E-state index contributed by atoms with van der Waals surface area (Å²) in [5.74, 6) is -0.833. The second-order valence-corrected chi connectivity index (χ2v) is 7.90. The number of hydrogen-bond acceptors (Lipinski definition) is 5. The minimum atomic E-state index is -0.667. The first-order chi connectivity index (χ1) is 13.3. The number of carbonyl (C=O) groups excluding carboxylic acids is 3. The van der Waals surface area contributed by atoms with E-state index in [9.17, 15) is 14.4 Å². The van der Waals surface area contributed by atoms with Crippen molar-refractivity contribution in [2.24, 2.45) is 5.16 Å². The molecule has 1 heterocycles. The molecule has 1 aliphatic heterocycles. The normalized spacial score (nSPS) is 20.3. The van der Waals surface area contributed by atoms with Gasteiger partial charge in [0.25, 0.3) is 0 Å². The van der Waals surface area contributed by atoms with Crippen molar-refractivity contribution in [3.8, 4) is 0 Å². The Morgan fingerprint density at radius 1 is 1.25 bits per heavy atom. The van der Waals surface area contributed by atoms with Gasteiger partial charge in [-0.05, 0) is 37.5 Å². The maximum atomic E-state index is 12.5. The van der Waals surface area contributed by atoms with Crippen LogP contribution in [0, 0.1) is 0 Å². The number of amides is 2. The highest BCUT2D eigenvalue weighted by atomic mass is 35.5. The molecule has 1 saturated carbocycles. The van der Waals surface area contributed by atoms with E-state index in [1.165, 1.54) is 11.8 Å². The topological polar surface area (TPSA) is 88.1 Å². The molecule has 28 heavy (non-hydrogen) atoms. The van der Waals surface area contributed by atoms with Crippen molar-refractivity contribution >= 4 is 46.5 Å². The summed E-state index contributed by atoms with van der Waals surface area (Å²) < 4.78 is 0. The van der Waals surface area contributed by atoms with E-state index in [0.29, 0.717) is 15.8 Å². The predicted octanol–water partition coefficient (Wildman–Crippen LogP) is 2.72. The molecule has 7 nitrogen and oxygen atoms in total. The minimum Gasteiger partial charge on any atom is -0.391 e. The standard InChI is InChI=1S/C19H21Cl2N3O4/c1-11(25)6-18(26)24-9-14(8-17(24)19(27)22-13-3-4-13)23-28-10-12-2-5-15(20)16(21)7-12/h2,5,7,13,17H,3-4,6,8-10H2,1H3,(H,22,27)/t17-/m0/s1. The monoisotopic (exact) mass is 425 g/mol. The highest BCUT2D eigenvalue weighted by molar-refractivity contribution is 6.42. The minimum absolute atomic E-state index is 0.163. The first-order valence-electron chi connectivity index (χ1n) is 9.04. The molecule has 0 bridgehead atoms. The van der Waals surface area contributed by atoms with Crippen LogP contribution < -0.4 is 5.32 Å². The van der Waals surface area contributed by atoms with Gasteiger partial charge in [-0.1, -0.05) is 34.4 Å². The van der Waals surface area contributed by atoms with Crippen LogP contribution in [0.25, 0.3) is 0 Å². The first kappa shape index (κ1) is 20.6. The Kier molecular flexibility index (Phi) is 6.57. The molecule has 0 unspecified atom stereocenters. The van der Waals surface area contributed by atoms with Crippen LogP contribution in [0.2, 0.25) is 10.0 Å². The first-order valence-corrected chi connectivity index (χ1v) is 9.80. The van der Waals surface area contributed by atoms with E-state index in [4.69, 9.17) is 28.0 Å². The number of nitrogens with zero attached hydrogens (tertiary/aromatic N) is 2. The molecule has 1 aromatic rings. The average Bonchev–Trinajstić information content (AvgIpc) is 3.33. The van der Waals surface area contributed by atoms with E-state index in [1.807, 2.05) is 0 Å². The summed E-state index contributed by atoms with van der Waals surface area (Å²) in [5, 5.41) is 7.88. The third-order valence-electron chi connectivity index (χ3n) is 4.51. The number of halogens is 2. The maximum Gasteiger partial charge on any atom is 0.243 e. The van der Waals surface area contributed by atoms with Crippen molar-refractivity contribution in [1.82, 2.24) is 10.2 Å². The molecule has 1 N–H and O–H groups in total. The molecule has 1 saturated heterocycles. The van der Waals surface area contributed by atoms with Crippen LogP contribution in [0.15, 0.2) is 23.4 Å². The zero-order valence-corrected chi connectivity index (χ0v) is 16.9. The van der Waals surface area contributed by atoms with Crippen LogP contribution in [-0.2, 0) is 25.8 Å². The van der Waals surface area contributed by atoms with Crippen LogP contribution in [0.1, 0.15) is 38.2 Å². The van der Waals surface area contributed by atoms with Gasteiger partial charge in [0.15, 0.2) is 0 Å². The largest absolute Gasteiger partial charge is 0.391 e. The number of carbonyl (C=O) groups is 3. The molecule has 150 valence electrons. The van der Waals surface area contributed by atoms with Crippen molar-refractivity contribution in [2.45, 2.75) is 51.3 Å². The Bertz CT molecular complexity index is 823. The highest BCUT2D eigenvalue weighted by Crippen LogP contribution is 2.24. The smallest absolute Gasteiger partial charge is 0.243 e. The summed E-state index contributed by atoms with van der Waals surface area (Å²) in [6, 6.07) is 4.65. The molecular weight excluding hydrogens is 405 g/mol. The number of rotatable bonds is 7. The molecular formula is C19H21Cl2N3O4. The molecule has 9 heteroatoms. The van der Waals surface area contributed by atoms with E-state index in [0.717, 1.165) is 18.4 Å². The van der Waals surface area contributed by atoms with Gasteiger partial charge in [-0.25, -0.2) is 0 Å². The summed E-state index contributed by atoms with van der Waals surface area (Å²) in [6.07, 6.45) is 1.95. The van der Waals surface area contributed by atoms with Crippen molar-refractivity contribution < 1.29 is 19.2 Å². The molecule has 0 radical (unpaired) electrons. The van der Waals surface area contributed by atoms with E-state index in [1.54, 1.807) is 18.2 Å². The number of oxime groups is 1. The molecule has 2 amide bonds. The fraction of sp³-hybridized carbons (Fsp3) is 0.474. The Morgan fingerprint density at radius 2 is 2.00 bits per heavy atom.